The lowest BCUT2D eigenvalue weighted by Gasteiger charge is -2.47. The minimum absolute atomic E-state index is 0.0135. The molecule has 0 saturated carbocycles. The summed E-state index contributed by atoms with van der Waals surface area (Å²) >= 11 is 0. The quantitative estimate of drug-likeness (QED) is 0.794. The lowest BCUT2D eigenvalue weighted by atomic mass is 9.97. The van der Waals surface area contributed by atoms with E-state index in [4.69, 9.17) is 4.74 Å². The van der Waals surface area contributed by atoms with Gasteiger partial charge in [-0.2, -0.15) is 0 Å². The lowest BCUT2D eigenvalue weighted by Crippen LogP contribution is -2.63. The van der Waals surface area contributed by atoms with E-state index < -0.39 is 0 Å². The Labute approximate surface area is 133 Å². The van der Waals surface area contributed by atoms with Crippen LogP contribution in [0.3, 0.4) is 0 Å². The summed E-state index contributed by atoms with van der Waals surface area (Å²) < 4.78 is 5.59. The summed E-state index contributed by atoms with van der Waals surface area (Å²) in [6, 6.07) is 0.0135. The number of rotatable bonds is 3. The number of hydrogen-bond donors (Lipinski definition) is 0. The van der Waals surface area contributed by atoms with Crippen molar-refractivity contribution in [1.82, 2.24) is 14.7 Å². The molecule has 1 atom stereocenters. The van der Waals surface area contributed by atoms with Gasteiger partial charge in [0.25, 0.3) is 0 Å². The van der Waals surface area contributed by atoms with Crippen molar-refractivity contribution in [2.24, 2.45) is 0 Å². The molecule has 0 N–H and O–H groups in total. The van der Waals surface area contributed by atoms with Gasteiger partial charge in [-0.25, -0.2) is 4.79 Å². The van der Waals surface area contributed by atoms with E-state index in [9.17, 15) is 9.59 Å². The van der Waals surface area contributed by atoms with Crippen LogP contribution in [0.5, 0.6) is 0 Å². The Bertz CT molecular complexity index is 417. The molecule has 6 nitrogen and oxygen atoms in total. The van der Waals surface area contributed by atoms with E-state index in [0.717, 1.165) is 25.9 Å². The third kappa shape index (κ3) is 3.91. The van der Waals surface area contributed by atoms with Gasteiger partial charge in [-0.05, 0) is 33.1 Å². The van der Waals surface area contributed by atoms with Crippen molar-refractivity contribution in [3.8, 4) is 0 Å². The molecule has 0 spiro atoms. The summed E-state index contributed by atoms with van der Waals surface area (Å²) in [5.41, 5.74) is -0.322. The van der Waals surface area contributed by atoms with Crippen LogP contribution in [0.1, 0.15) is 39.5 Å². The fraction of sp³-hybridized carbons (Fsp3) is 0.875. The molecule has 2 heterocycles. The molecular weight excluding hydrogens is 282 g/mol. The number of hydrogen-bond acceptors (Lipinski definition) is 3. The molecule has 3 amide bonds. The third-order valence-electron chi connectivity index (χ3n) is 4.56. The van der Waals surface area contributed by atoms with E-state index in [1.165, 1.54) is 0 Å². The summed E-state index contributed by atoms with van der Waals surface area (Å²) in [5.74, 6) is 0.178. The minimum atomic E-state index is -0.322. The average Bonchev–Trinajstić information content (AvgIpc) is 2.96. The highest BCUT2D eigenvalue weighted by molar-refractivity contribution is 5.78. The monoisotopic (exact) mass is 311 g/mol. The first-order valence-electron chi connectivity index (χ1n) is 8.19. The molecule has 22 heavy (non-hydrogen) atoms. The normalized spacial score (nSPS) is 24.5. The standard InChI is InChI=1S/C16H29N3O3/c1-16(2)12-18(15(21)17(3)4)9-10-19(16)14(20)8-7-13-6-5-11-22-13/h13H,5-12H2,1-4H3. The van der Waals surface area contributed by atoms with Crippen molar-refractivity contribution in [2.45, 2.75) is 51.2 Å². The predicted molar refractivity (Wildman–Crippen MR) is 84.7 cm³/mol. The molecule has 0 radical (unpaired) electrons. The maximum Gasteiger partial charge on any atom is 0.319 e. The molecule has 2 rings (SSSR count). The van der Waals surface area contributed by atoms with E-state index in [1.54, 1.807) is 19.0 Å². The van der Waals surface area contributed by atoms with Gasteiger partial charge in [0.2, 0.25) is 5.91 Å². The maximum atomic E-state index is 12.5. The Balaban J connectivity index is 1.89. The fourth-order valence-electron chi connectivity index (χ4n) is 3.35. The zero-order valence-corrected chi connectivity index (χ0v) is 14.3. The van der Waals surface area contributed by atoms with Gasteiger partial charge < -0.3 is 19.4 Å². The van der Waals surface area contributed by atoms with Crippen molar-refractivity contribution in [3.05, 3.63) is 0 Å². The van der Waals surface area contributed by atoms with Crippen LogP contribution in [-0.4, -0.2) is 78.6 Å². The van der Waals surface area contributed by atoms with E-state index in [-0.39, 0.29) is 23.6 Å². The van der Waals surface area contributed by atoms with E-state index in [0.29, 0.717) is 26.1 Å². The number of amides is 3. The highest BCUT2D eigenvalue weighted by atomic mass is 16.5. The SMILES string of the molecule is CN(C)C(=O)N1CCN(C(=O)CCC2CCCO2)C(C)(C)C1. The van der Waals surface area contributed by atoms with Crippen LogP contribution in [0.4, 0.5) is 4.79 Å². The number of piperazine rings is 1. The van der Waals surface area contributed by atoms with Gasteiger partial charge in [0.1, 0.15) is 0 Å². The van der Waals surface area contributed by atoms with Crippen molar-refractivity contribution in [1.29, 1.82) is 0 Å². The Kier molecular flexibility index (Phi) is 5.32. The molecule has 126 valence electrons. The van der Waals surface area contributed by atoms with Gasteiger partial charge in [0.15, 0.2) is 0 Å². The van der Waals surface area contributed by atoms with Gasteiger partial charge in [-0.3, -0.25) is 4.79 Å². The van der Waals surface area contributed by atoms with Crippen LogP contribution in [0.2, 0.25) is 0 Å². The first-order chi connectivity index (χ1) is 10.3. The van der Waals surface area contributed by atoms with Gasteiger partial charge in [-0.15, -0.1) is 0 Å². The van der Waals surface area contributed by atoms with Gasteiger partial charge in [0, 0.05) is 46.8 Å². The van der Waals surface area contributed by atoms with E-state index >= 15 is 0 Å². The zero-order chi connectivity index (χ0) is 16.3. The second-order valence-corrected chi connectivity index (χ2v) is 7.13. The molecule has 0 bridgehead atoms. The molecule has 0 aliphatic carbocycles. The summed E-state index contributed by atoms with van der Waals surface area (Å²) in [6.07, 6.45) is 3.78. The molecule has 2 fully saturated rings. The second kappa shape index (κ2) is 6.86. The predicted octanol–water partition coefficient (Wildman–Crippen LogP) is 1.55. The molecule has 0 aromatic rings. The van der Waals surface area contributed by atoms with Crippen molar-refractivity contribution in [2.75, 3.05) is 40.3 Å². The third-order valence-corrected chi connectivity index (χ3v) is 4.56. The Morgan fingerprint density at radius 3 is 2.55 bits per heavy atom. The Morgan fingerprint density at radius 2 is 2.00 bits per heavy atom. The van der Waals surface area contributed by atoms with Crippen LogP contribution in [0.25, 0.3) is 0 Å². The van der Waals surface area contributed by atoms with Crippen LogP contribution in [0, 0.1) is 0 Å². The molecule has 2 saturated heterocycles. The number of carbonyl (C=O) groups is 2. The average molecular weight is 311 g/mol. The van der Waals surface area contributed by atoms with Crippen LogP contribution >= 0.6 is 0 Å². The van der Waals surface area contributed by atoms with Crippen molar-refractivity contribution >= 4 is 11.9 Å². The molecule has 0 aromatic heterocycles. The fourth-order valence-corrected chi connectivity index (χ4v) is 3.35. The Morgan fingerprint density at radius 1 is 1.27 bits per heavy atom. The smallest absolute Gasteiger partial charge is 0.319 e. The zero-order valence-electron chi connectivity index (χ0n) is 14.3. The highest BCUT2D eigenvalue weighted by Crippen LogP contribution is 2.24. The first-order valence-corrected chi connectivity index (χ1v) is 8.19. The molecular formula is C16H29N3O3. The van der Waals surface area contributed by atoms with E-state index in [1.807, 2.05) is 23.6 Å². The second-order valence-electron chi connectivity index (χ2n) is 7.13. The number of nitrogens with zero attached hydrogens (tertiary/aromatic N) is 3. The van der Waals surface area contributed by atoms with E-state index in [2.05, 4.69) is 0 Å². The largest absolute Gasteiger partial charge is 0.378 e. The van der Waals surface area contributed by atoms with Crippen LogP contribution in [-0.2, 0) is 9.53 Å². The number of carbonyl (C=O) groups excluding carboxylic acids is 2. The summed E-state index contributed by atoms with van der Waals surface area (Å²) in [5, 5.41) is 0. The minimum Gasteiger partial charge on any atom is -0.378 e. The highest BCUT2D eigenvalue weighted by Gasteiger charge is 2.38. The molecule has 2 aliphatic rings. The topological polar surface area (TPSA) is 53.1 Å². The summed E-state index contributed by atoms with van der Waals surface area (Å²) in [4.78, 5) is 30.0. The first kappa shape index (κ1) is 17.1. The molecule has 1 unspecified atom stereocenters. The van der Waals surface area contributed by atoms with Crippen LogP contribution in [0.15, 0.2) is 0 Å². The van der Waals surface area contributed by atoms with Gasteiger partial charge in [-0.1, -0.05) is 0 Å². The van der Waals surface area contributed by atoms with Crippen LogP contribution < -0.4 is 0 Å². The maximum absolute atomic E-state index is 12.5. The Hall–Kier alpha value is -1.30. The summed E-state index contributed by atoms with van der Waals surface area (Å²) in [6.45, 7) is 6.69. The number of ether oxygens (including phenoxy) is 1. The summed E-state index contributed by atoms with van der Waals surface area (Å²) in [7, 11) is 3.52. The lowest BCUT2D eigenvalue weighted by molar-refractivity contribution is -0.140. The number of urea groups is 1. The molecule has 0 aromatic carbocycles. The van der Waals surface area contributed by atoms with Gasteiger partial charge >= 0.3 is 6.03 Å². The molecule has 6 heteroatoms. The van der Waals surface area contributed by atoms with Crippen molar-refractivity contribution in [3.63, 3.8) is 0 Å². The molecule has 2 aliphatic heterocycles. The van der Waals surface area contributed by atoms with Gasteiger partial charge in [0.05, 0.1) is 11.6 Å². The van der Waals surface area contributed by atoms with Crippen molar-refractivity contribution < 1.29 is 14.3 Å².